The number of aryl methyl sites for hydroxylation is 1. The van der Waals surface area contributed by atoms with Gasteiger partial charge in [0.05, 0.1) is 17.3 Å². The third-order valence-electron chi connectivity index (χ3n) is 3.45. The maximum atomic E-state index is 10.2. The van der Waals surface area contributed by atoms with E-state index >= 15 is 0 Å². The highest BCUT2D eigenvalue weighted by molar-refractivity contribution is 7.09. The monoisotopic (exact) mass is 303 g/mol. The minimum Gasteiger partial charge on any atom is -0.392 e. The summed E-state index contributed by atoms with van der Waals surface area (Å²) in [6.07, 6.45) is 7.12. The number of benzene rings is 1. The fourth-order valence-electron chi connectivity index (χ4n) is 2.20. The zero-order chi connectivity index (χ0) is 14.9. The highest BCUT2D eigenvalue weighted by Crippen LogP contribution is 2.23. The highest BCUT2D eigenvalue weighted by Gasteiger charge is 2.04. The molecule has 0 aliphatic heterocycles. The molecule has 0 aliphatic carbocycles. The first kappa shape index (κ1) is 15.9. The van der Waals surface area contributed by atoms with Crippen LogP contribution in [0.2, 0.25) is 0 Å². The van der Waals surface area contributed by atoms with E-state index in [1.165, 1.54) is 5.01 Å². The molecule has 0 unspecified atom stereocenters. The second-order valence-electron chi connectivity index (χ2n) is 5.10. The molecule has 112 valence electrons. The lowest BCUT2D eigenvalue weighted by molar-refractivity contribution is -0.107. The number of aliphatic hydroxyl groups is 1. The molecular weight excluding hydrogens is 282 g/mol. The van der Waals surface area contributed by atoms with E-state index < -0.39 is 0 Å². The van der Waals surface area contributed by atoms with Gasteiger partial charge in [-0.1, -0.05) is 37.1 Å². The number of rotatable bonds is 9. The molecular formula is C17H21NO2S. The van der Waals surface area contributed by atoms with Crippen molar-refractivity contribution in [2.45, 2.75) is 45.1 Å². The molecule has 1 heterocycles. The number of thiazole rings is 1. The van der Waals surface area contributed by atoms with E-state index in [-0.39, 0.29) is 6.61 Å². The maximum Gasteiger partial charge on any atom is 0.119 e. The Morgan fingerprint density at radius 2 is 1.86 bits per heavy atom. The Bertz CT molecular complexity index is 548. The van der Waals surface area contributed by atoms with Crippen LogP contribution in [0.3, 0.4) is 0 Å². The Balaban J connectivity index is 1.81. The standard InChI is InChI=1S/C17H21NO2S/c19-11-5-3-1-2-4-6-17-18-16(13-21-17)15-9-7-14(12-20)8-10-15/h7-11,13,20H,1-6,12H2. The van der Waals surface area contributed by atoms with Crippen molar-refractivity contribution < 1.29 is 9.90 Å². The predicted octanol–water partition coefficient (Wildman–Crippen LogP) is 3.99. The largest absolute Gasteiger partial charge is 0.392 e. The Morgan fingerprint density at radius 3 is 2.57 bits per heavy atom. The maximum absolute atomic E-state index is 10.2. The lowest BCUT2D eigenvalue weighted by Crippen LogP contribution is -1.87. The average Bonchev–Trinajstić information content (AvgIpc) is 3.00. The Hall–Kier alpha value is -1.52. The Labute approximate surface area is 129 Å². The SMILES string of the molecule is O=CCCCCCCc1nc(-c2ccc(CO)cc2)cs1. The molecule has 1 N–H and O–H groups in total. The van der Waals surface area contributed by atoms with Crippen molar-refractivity contribution in [3.8, 4) is 11.3 Å². The van der Waals surface area contributed by atoms with Gasteiger partial charge >= 0.3 is 0 Å². The lowest BCUT2D eigenvalue weighted by atomic mass is 10.1. The van der Waals surface area contributed by atoms with Crippen molar-refractivity contribution in [1.82, 2.24) is 4.98 Å². The summed E-state index contributed by atoms with van der Waals surface area (Å²) >= 11 is 1.71. The smallest absolute Gasteiger partial charge is 0.119 e. The molecule has 2 rings (SSSR count). The summed E-state index contributed by atoms with van der Waals surface area (Å²) in [5, 5.41) is 12.3. The molecule has 3 nitrogen and oxygen atoms in total. The average molecular weight is 303 g/mol. The van der Waals surface area contributed by atoms with Gasteiger partial charge in [-0.15, -0.1) is 11.3 Å². The molecule has 0 spiro atoms. The second-order valence-corrected chi connectivity index (χ2v) is 6.04. The number of hydrogen-bond donors (Lipinski definition) is 1. The van der Waals surface area contributed by atoms with Crippen molar-refractivity contribution in [3.05, 3.63) is 40.2 Å². The number of hydrogen-bond acceptors (Lipinski definition) is 4. The molecule has 0 bridgehead atoms. The molecule has 0 atom stereocenters. The van der Waals surface area contributed by atoms with E-state index in [9.17, 15) is 4.79 Å². The molecule has 2 aromatic rings. The van der Waals surface area contributed by atoms with E-state index in [1.54, 1.807) is 11.3 Å². The minimum absolute atomic E-state index is 0.0761. The molecule has 4 heteroatoms. The Morgan fingerprint density at radius 1 is 1.10 bits per heavy atom. The number of aldehydes is 1. The molecule has 1 aromatic carbocycles. The first-order valence-corrected chi connectivity index (χ1v) is 8.29. The van der Waals surface area contributed by atoms with Crippen LogP contribution in [0.15, 0.2) is 29.6 Å². The normalized spacial score (nSPS) is 10.7. The number of aromatic nitrogens is 1. The van der Waals surface area contributed by atoms with Gasteiger partial charge in [0.2, 0.25) is 0 Å². The fourth-order valence-corrected chi connectivity index (χ4v) is 3.05. The van der Waals surface area contributed by atoms with Crippen molar-refractivity contribution in [1.29, 1.82) is 0 Å². The summed E-state index contributed by atoms with van der Waals surface area (Å²) in [7, 11) is 0. The van der Waals surface area contributed by atoms with E-state index in [1.807, 2.05) is 24.3 Å². The molecule has 0 amide bonds. The van der Waals surface area contributed by atoms with Crippen LogP contribution in [-0.2, 0) is 17.8 Å². The summed E-state index contributed by atoms with van der Waals surface area (Å²) in [5.41, 5.74) is 3.03. The lowest BCUT2D eigenvalue weighted by Gasteiger charge is -1.99. The van der Waals surface area contributed by atoms with Gasteiger partial charge in [-0.3, -0.25) is 0 Å². The molecule has 1 aromatic heterocycles. The molecule has 0 fully saturated rings. The topological polar surface area (TPSA) is 50.2 Å². The summed E-state index contributed by atoms with van der Waals surface area (Å²) in [5.74, 6) is 0. The first-order chi connectivity index (χ1) is 10.3. The van der Waals surface area contributed by atoms with E-state index in [0.29, 0.717) is 6.42 Å². The van der Waals surface area contributed by atoms with Crippen LogP contribution in [0, 0.1) is 0 Å². The molecule has 0 radical (unpaired) electrons. The van der Waals surface area contributed by atoms with Crippen LogP contribution in [0.25, 0.3) is 11.3 Å². The van der Waals surface area contributed by atoms with Gasteiger partial charge in [0.25, 0.3) is 0 Å². The highest BCUT2D eigenvalue weighted by atomic mass is 32.1. The van der Waals surface area contributed by atoms with Crippen LogP contribution >= 0.6 is 11.3 Å². The van der Waals surface area contributed by atoms with Gasteiger partial charge < -0.3 is 9.90 Å². The van der Waals surface area contributed by atoms with Gasteiger partial charge in [-0.2, -0.15) is 0 Å². The minimum atomic E-state index is 0.0761. The van der Waals surface area contributed by atoms with Crippen LogP contribution in [0.5, 0.6) is 0 Å². The van der Waals surface area contributed by atoms with Crippen LogP contribution < -0.4 is 0 Å². The number of nitrogens with zero attached hydrogens (tertiary/aromatic N) is 1. The van der Waals surface area contributed by atoms with Crippen LogP contribution in [-0.4, -0.2) is 16.4 Å². The molecule has 21 heavy (non-hydrogen) atoms. The van der Waals surface area contributed by atoms with Crippen molar-refractivity contribution in [2.24, 2.45) is 0 Å². The van der Waals surface area contributed by atoms with Gasteiger partial charge in [-0.25, -0.2) is 4.98 Å². The van der Waals surface area contributed by atoms with Crippen molar-refractivity contribution in [2.75, 3.05) is 0 Å². The van der Waals surface area contributed by atoms with Crippen molar-refractivity contribution >= 4 is 17.6 Å². The van der Waals surface area contributed by atoms with Gasteiger partial charge in [-0.05, 0) is 24.8 Å². The van der Waals surface area contributed by atoms with Gasteiger partial charge in [0.15, 0.2) is 0 Å². The van der Waals surface area contributed by atoms with Crippen LogP contribution in [0.4, 0.5) is 0 Å². The predicted molar refractivity (Wildman–Crippen MR) is 86.3 cm³/mol. The van der Waals surface area contributed by atoms with E-state index in [0.717, 1.165) is 55.2 Å². The van der Waals surface area contributed by atoms with Crippen LogP contribution in [0.1, 0.15) is 42.7 Å². The third-order valence-corrected chi connectivity index (χ3v) is 4.36. The van der Waals surface area contributed by atoms with E-state index in [4.69, 9.17) is 5.11 Å². The van der Waals surface area contributed by atoms with E-state index in [2.05, 4.69) is 10.4 Å². The third kappa shape index (κ3) is 5.06. The number of carbonyl (C=O) groups excluding carboxylic acids is 1. The summed E-state index contributed by atoms with van der Waals surface area (Å²) in [6.45, 7) is 0.0761. The van der Waals surface area contributed by atoms with Gasteiger partial charge in [0.1, 0.15) is 6.29 Å². The summed E-state index contributed by atoms with van der Waals surface area (Å²) < 4.78 is 0. The fraction of sp³-hybridized carbons (Fsp3) is 0.412. The summed E-state index contributed by atoms with van der Waals surface area (Å²) in [6, 6.07) is 7.87. The van der Waals surface area contributed by atoms with Crippen molar-refractivity contribution in [3.63, 3.8) is 0 Å². The van der Waals surface area contributed by atoms with Gasteiger partial charge in [0, 0.05) is 17.4 Å². The Kier molecular flexibility index (Phi) is 6.57. The second kappa shape index (κ2) is 8.70. The zero-order valence-electron chi connectivity index (χ0n) is 12.1. The first-order valence-electron chi connectivity index (χ1n) is 7.41. The molecule has 0 saturated heterocycles. The number of unbranched alkanes of at least 4 members (excludes halogenated alkanes) is 4. The summed E-state index contributed by atoms with van der Waals surface area (Å²) in [4.78, 5) is 14.9. The molecule has 0 saturated carbocycles. The number of carbonyl (C=O) groups is 1. The molecule has 0 aliphatic rings. The number of aliphatic hydroxyl groups excluding tert-OH is 1. The zero-order valence-corrected chi connectivity index (χ0v) is 12.9. The quantitative estimate of drug-likeness (QED) is 0.563.